The van der Waals surface area contributed by atoms with E-state index in [0.717, 1.165) is 0 Å². The van der Waals surface area contributed by atoms with Crippen molar-refractivity contribution in [1.82, 2.24) is 5.32 Å². The average Bonchev–Trinajstić information content (AvgIpc) is 2.59. The van der Waals surface area contributed by atoms with Crippen molar-refractivity contribution in [1.29, 1.82) is 0 Å². The van der Waals surface area contributed by atoms with Gasteiger partial charge in [0.05, 0.1) is 26.3 Å². The van der Waals surface area contributed by atoms with E-state index in [2.05, 4.69) is 10.6 Å². The monoisotopic (exact) mass is 314 g/mol. The molecule has 2 aromatic rings. The molecule has 0 fully saturated rings. The molecule has 2 rings (SSSR count). The molecule has 0 bridgehead atoms. The van der Waals surface area contributed by atoms with Gasteiger partial charge in [0.25, 0.3) is 5.91 Å². The van der Waals surface area contributed by atoms with Gasteiger partial charge < -0.3 is 20.1 Å². The van der Waals surface area contributed by atoms with Gasteiger partial charge in [-0.1, -0.05) is 18.2 Å². The lowest BCUT2D eigenvalue weighted by Gasteiger charge is -2.10. The molecule has 2 N–H and O–H groups in total. The summed E-state index contributed by atoms with van der Waals surface area (Å²) in [5, 5.41) is 5.25. The van der Waals surface area contributed by atoms with Crippen LogP contribution in [0.15, 0.2) is 48.5 Å². The second-order valence-corrected chi connectivity index (χ2v) is 4.66. The number of nitrogens with one attached hydrogen (secondary N) is 2. The summed E-state index contributed by atoms with van der Waals surface area (Å²) in [4.78, 5) is 24.0. The predicted molar refractivity (Wildman–Crippen MR) is 87.0 cm³/mol. The smallest absolute Gasteiger partial charge is 0.255 e. The van der Waals surface area contributed by atoms with E-state index in [0.29, 0.717) is 22.7 Å². The SMILES string of the molecule is COc1cccc(NC(=O)CNC(=O)c2ccccc2OC)c1. The number of carbonyl (C=O) groups excluding carboxylic acids is 2. The highest BCUT2D eigenvalue weighted by atomic mass is 16.5. The maximum absolute atomic E-state index is 12.1. The number of methoxy groups -OCH3 is 2. The van der Waals surface area contributed by atoms with Crippen LogP contribution in [0.25, 0.3) is 0 Å². The van der Waals surface area contributed by atoms with E-state index >= 15 is 0 Å². The molecule has 0 aliphatic heterocycles. The topological polar surface area (TPSA) is 76.7 Å². The van der Waals surface area contributed by atoms with Crippen LogP contribution in [-0.2, 0) is 4.79 Å². The van der Waals surface area contributed by atoms with Crippen molar-refractivity contribution >= 4 is 17.5 Å². The number of amides is 2. The van der Waals surface area contributed by atoms with Gasteiger partial charge in [-0.3, -0.25) is 9.59 Å². The van der Waals surface area contributed by atoms with Crippen LogP contribution >= 0.6 is 0 Å². The fourth-order valence-corrected chi connectivity index (χ4v) is 1.99. The minimum atomic E-state index is -0.372. The third-order valence-corrected chi connectivity index (χ3v) is 3.11. The maximum Gasteiger partial charge on any atom is 0.255 e. The first-order chi connectivity index (χ1) is 11.1. The quantitative estimate of drug-likeness (QED) is 0.856. The van der Waals surface area contributed by atoms with Gasteiger partial charge in [0, 0.05) is 11.8 Å². The lowest BCUT2D eigenvalue weighted by Crippen LogP contribution is -2.33. The van der Waals surface area contributed by atoms with Crippen LogP contribution in [-0.4, -0.2) is 32.6 Å². The van der Waals surface area contributed by atoms with Gasteiger partial charge in [0.15, 0.2) is 0 Å². The van der Waals surface area contributed by atoms with Crippen LogP contribution in [0.1, 0.15) is 10.4 Å². The van der Waals surface area contributed by atoms with Gasteiger partial charge in [0.2, 0.25) is 5.91 Å². The molecule has 120 valence electrons. The van der Waals surface area contributed by atoms with Gasteiger partial charge in [-0.25, -0.2) is 0 Å². The van der Waals surface area contributed by atoms with Crippen molar-refractivity contribution in [2.45, 2.75) is 0 Å². The van der Waals surface area contributed by atoms with Gasteiger partial charge in [-0.05, 0) is 24.3 Å². The summed E-state index contributed by atoms with van der Waals surface area (Å²) < 4.78 is 10.2. The number of hydrogen-bond donors (Lipinski definition) is 2. The zero-order valence-corrected chi connectivity index (χ0v) is 13.0. The van der Waals surface area contributed by atoms with E-state index in [-0.39, 0.29) is 18.4 Å². The summed E-state index contributed by atoms with van der Waals surface area (Å²) in [7, 11) is 3.04. The van der Waals surface area contributed by atoms with Crippen LogP contribution in [0.3, 0.4) is 0 Å². The van der Waals surface area contributed by atoms with Gasteiger partial charge in [-0.15, -0.1) is 0 Å². The number of para-hydroxylation sites is 1. The van der Waals surface area contributed by atoms with Crippen molar-refractivity contribution < 1.29 is 19.1 Å². The van der Waals surface area contributed by atoms with Crippen molar-refractivity contribution in [3.63, 3.8) is 0 Å². The third kappa shape index (κ3) is 4.47. The summed E-state index contributed by atoms with van der Waals surface area (Å²) in [5.74, 6) is 0.392. The molecule has 0 aromatic heterocycles. The van der Waals surface area contributed by atoms with E-state index in [1.807, 2.05) is 0 Å². The highest BCUT2D eigenvalue weighted by molar-refractivity contribution is 6.00. The predicted octanol–water partition coefficient (Wildman–Crippen LogP) is 2.07. The van der Waals surface area contributed by atoms with E-state index < -0.39 is 0 Å². The number of anilines is 1. The molecule has 6 nitrogen and oxygen atoms in total. The molecule has 23 heavy (non-hydrogen) atoms. The zero-order chi connectivity index (χ0) is 16.7. The van der Waals surface area contributed by atoms with Gasteiger partial charge >= 0.3 is 0 Å². The molecule has 0 saturated heterocycles. The Kier molecular flexibility index (Phi) is 5.57. The number of rotatable bonds is 6. The van der Waals surface area contributed by atoms with E-state index in [4.69, 9.17) is 9.47 Å². The van der Waals surface area contributed by atoms with Crippen molar-refractivity contribution in [2.24, 2.45) is 0 Å². The normalized spacial score (nSPS) is 9.83. The summed E-state index contributed by atoms with van der Waals surface area (Å²) in [5.41, 5.74) is 0.977. The molecule has 0 aliphatic rings. The highest BCUT2D eigenvalue weighted by Gasteiger charge is 2.12. The molecule has 2 aromatic carbocycles. The zero-order valence-electron chi connectivity index (χ0n) is 13.0. The highest BCUT2D eigenvalue weighted by Crippen LogP contribution is 2.17. The lowest BCUT2D eigenvalue weighted by atomic mass is 10.2. The van der Waals surface area contributed by atoms with Crippen LogP contribution in [0.2, 0.25) is 0 Å². The first-order valence-corrected chi connectivity index (χ1v) is 6.99. The minimum Gasteiger partial charge on any atom is -0.497 e. The molecular weight excluding hydrogens is 296 g/mol. The molecule has 0 atom stereocenters. The molecule has 2 amide bonds. The first kappa shape index (κ1) is 16.4. The Morgan fingerprint density at radius 3 is 2.52 bits per heavy atom. The summed E-state index contributed by atoms with van der Waals surface area (Å²) in [6, 6.07) is 13.8. The largest absolute Gasteiger partial charge is 0.497 e. The molecule has 0 unspecified atom stereocenters. The van der Waals surface area contributed by atoms with Crippen molar-refractivity contribution in [3.05, 3.63) is 54.1 Å². The second-order valence-electron chi connectivity index (χ2n) is 4.66. The molecule has 0 spiro atoms. The average molecular weight is 314 g/mol. The Morgan fingerprint density at radius 2 is 1.78 bits per heavy atom. The van der Waals surface area contributed by atoms with Crippen LogP contribution < -0.4 is 20.1 Å². The standard InChI is InChI=1S/C17H18N2O4/c1-22-13-7-5-6-12(10-13)19-16(20)11-18-17(21)14-8-3-4-9-15(14)23-2/h3-10H,11H2,1-2H3,(H,18,21)(H,19,20). The summed E-state index contributed by atoms with van der Waals surface area (Å²) >= 11 is 0. The molecule has 0 saturated carbocycles. The molecule has 0 heterocycles. The Morgan fingerprint density at radius 1 is 1.00 bits per heavy atom. The molecule has 0 aliphatic carbocycles. The van der Waals surface area contributed by atoms with Gasteiger partial charge in [-0.2, -0.15) is 0 Å². The van der Waals surface area contributed by atoms with Gasteiger partial charge in [0.1, 0.15) is 11.5 Å². The minimum absolute atomic E-state index is 0.145. The second kappa shape index (κ2) is 7.84. The van der Waals surface area contributed by atoms with Crippen LogP contribution in [0.4, 0.5) is 5.69 Å². The molecule has 6 heteroatoms. The number of ether oxygens (including phenoxy) is 2. The van der Waals surface area contributed by atoms with E-state index in [1.165, 1.54) is 7.11 Å². The number of hydrogen-bond acceptors (Lipinski definition) is 4. The summed E-state index contributed by atoms with van der Waals surface area (Å²) in [6.45, 7) is -0.145. The Bertz CT molecular complexity index is 700. The van der Waals surface area contributed by atoms with Crippen molar-refractivity contribution in [2.75, 3.05) is 26.1 Å². The number of carbonyl (C=O) groups is 2. The maximum atomic E-state index is 12.1. The van der Waals surface area contributed by atoms with Crippen molar-refractivity contribution in [3.8, 4) is 11.5 Å². The Balaban J connectivity index is 1.92. The lowest BCUT2D eigenvalue weighted by molar-refractivity contribution is -0.115. The van der Waals surface area contributed by atoms with Crippen LogP contribution in [0.5, 0.6) is 11.5 Å². The Hall–Kier alpha value is -3.02. The molecule has 0 radical (unpaired) electrons. The fourth-order valence-electron chi connectivity index (χ4n) is 1.99. The fraction of sp³-hybridized carbons (Fsp3) is 0.176. The molecular formula is C17H18N2O4. The summed E-state index contributed by atoms with van der Waals surface area (Å²) in [6.07, 6.45) is 0. The Labute approximate surface area is 134 Å². The van der Waals surface area contributed by atoms with Crippen LogP contribution in [0, 0.1) is 0 Å². The first-order valence-electron chi connectivity index (χ1n) is 6.99. The van der Waals surface area contributed by atoms with E-state index in [1.54, 1.807) is 55.6 Å². The third-order valence-electron chi connectivity index (χ3n) is 3.11. The van der Waals surface area contributed by atoms with E-state index in [9.17, 15) is 9.59 Å². The number of benzene rings is 2.